The Balaban J connectivity index is 1.38. The topological polar surface area (TPSA) is 43.6 Å². The summed E-state index contributed by atoms with van der Waals surface area (Å²) in [6, 6.07) is 39.9. The maximum Gasteiger partial charge on any atom is 0.239 e. The van der Waals surface area contributed by atoms with Crippen LogP contribution in [0.5, 0.6) is 0 Å². The molecule has 0 fully saturated rings. The van der Waals surface area contributed by atoms with Gasteiger partial charge in [-0.2, -0.15) is 15.0 Å². The number of hydrogen-bond donors (Lipinski definition) is 0. The minimum absolute atomic E-state index is 0.161. The van der Waals surface area contributed by atoms with E-state index in [0.717, 1.165) is 33.1 Å². The molecule has 5 aromatic carbocycles. The van der Waals surface area contributed by atoms with Crippen molar-refractivity contribution in [2.45, 2.75) is 0 Å². The van der Waals surface area contributed by atoms with Gasteiger partial charge >= 0.3 is 0 Å². The zero-order valence-corrected chi connectivity index (χ0v) is 22.1. The largest absolute Gasteiger partial charge is 0.278 e. The number of rotatable bonds is 3. The Morgan fingerprint density at radius 2 is 1.31 bits per heavy atom. The smallest absolute Gasteiger partial charge is 0.239 e. The summed E-state index contributed by atoms with van der Waals surface area (Å²) >= 11 is 8.38. The molecule has 0 radical (unpaired) electrons. The van der Waals surface area contributed by atoms with Crippen molar-refractivity contribution in [3.63, 3.8) is 0 Å². The number of hydrogen-bond acceptors (Lipinski definition) is 4. The molecule has 3 heterocycles. The second-order valence-corrected chi connectivity index (χ2v) is 10.9. The van der Waals surface area contributed by atoms with E-state index < -0.39 is 0 Å². The van der Waals surface area contributed by atoms with Gasteiger partial charge in [0.05, 0.1) is 11.0 Å². The summed E-state index contributed by atoms with van der Waals surface area (Å²) in [7, 11) is 0. The number of halogens is 1. The lowest BCUT2D eigenvalue weighted by atomic mass is 10.0. The Labute approximate surface area is 232 Å². The molecule has 0 aliphatic rings. The molecule has 0 spiro atoms. The van der Waals surface area contributed by atoms with E-state index in [9.17, 15) is 0 Å². The third-order valence-electron chi connectivity index (χ3n) is 7.20. The van der Waals surface area contributed by atoms with Crippen molar-refractivity contribution in [1.82, 2.24) is 19.5 Å². The maximum atomic E-state index is 6.55. The molecule has 3 aromatic heterocycles. The number of para-hydroxylation sites is 1. The van der Waals surface area contributed by atoms with Crippen LogP contribution in [-0.2, 0) is 0 Å². The molecule has 4 nitrogen and oxygen atoms in total. The van der Waals surface area contributed by atoms with Crippen LogP contribution < -0.4 is 0 Å². The molecule has 6 heteroatoms. The van der Waals surface area contributed by atoms with Crippen LogP contribution in [0.25, 0.3) is 70.4 Å². The van der Waals surface area contributed by atoms with E-state index in [1.54, 1.807) is 0 Å². The Bertz CT molecular complexity index is 2200. The first-order chi connectivity index (χ1) is 19.2. The van der Waals surface area contributed by atoms with Gasteiger partial charge in [-0.3, -0.25) is 4.57 Å². The first-order valence-electron chi connectivity index (χ1n) is 12.7. The van der Waals surface area contributed by atoms with Crippen LogP contribution in [0.1, 0.15) is 0 Å². The molecule has 0 amide bonds. The molecule has 0 saturated carbocycles. The van der Waals surface area contributed by atoms with Crippen LogP contribution in [-0.4, -0.2) is 19.5 Å². The predicted octanol–water partition coefficient (Wildman–Crippen LogP) is 9.32. The quantitative estimate of drug-likeness (QED) is 0.225. The van der Waals surface area contributed by atoms with Crippen LogP contribution in [0.15, 0.2) is 115 Å². The molecule has 39 heavy (non-hydrogen) atoms. The normalized spacial score (nSPS) is 11.7. The zero-order valence-electron chi connectivity index (χ0n) is 20.5. The van der Waals surface area contributed by atoms with Crippen LogP contribution in [0.4, 0.5) is 0 Å². The van der Waals surface area contributed by atoms with Gasteiger partial charge in [-0.25, -0.2) is 0 Å². The van der Waals surface area contributed by atoms with E-state index in [1.807, 2.05) is 47.7 Å². The number of nitrogens with zero attached hydrogens (tertiary/aromatic N) is 4. The SMILES string of the molecule is Clc1nc(-c2cccc(-c3ccccc3)c2)nc(-n2c3ccccc3c3c4sc5ccccc5c4ccc32)n1. The van der Waals surface area contributed by atoms with Crippen LogP contribution >= 0.6 is 22.9 Å². The molecule has 0 aliphatic heterocycles. The van der Waals surface area contributed by atoms with Gasteiger partial charge in [0.25, 0.3) is 0 Å². The van der Waals surface area contributed by atoms with Gasteiger partial charge < -0.3 is 0 Å². The summed E-state index contributed by atoms with van der Waals surface area (Å²) in [6.45, 7) is 0. The fourth-order valence-corrected chi connectivity index (χ4v) is 6.90. The molecule has 0 saturated heterocycles. The van der Waals surface area contributed by atoms with Gasteiger partial charge in [-0.15, -0.1) is 11.3 Å². The Kier molecular flexibility index (Phi) is 5.02. The number of thiophene rings is 1. The minimum atomic E-state index is 0.161. The molecule has 0 bridgehead atoms. The molecular weight excluding hydrogens is 520 g/mol. The van der Waals surface area contributed by atoms with E-state index in [2.05, 4.69) is 93.4 Å². The molecule has 184 valence electrons. The van der Waals surface area contributed by atoms with Crippen molar-refractivity contribution in [2.24, 2.45) is 0 Å². The van der Waals surface area contributed by atoms with Crippen molar-refractivity contribution in [2.75, 3.05) is 0 Å². The third kappa shape index (κ3) is 3.55. The van der Waals surface area contributed by atoms with E-state index in [-0.39, 0.29) is 5.28 Å². The summed E-state index contributed by atoms with van der Waals surface area (Å²) in [6.07, 6.45) is 0. The first-order valence-corrected chi connectivity index (χ1v) is 13.9. The highest BCUT2D eigenvalue weighted by Crippen LogP contribution is 2.43. The van der Waals surface area contributed by atoms with Crippen molar-refractivity contribution < 1.29 is 0 Å². The maximum absolute atomic E-state index is 6.55. The van der Waals surface area contributed by atoms with Crippen molar-refractivity contribution in [1.29, 1.82) is 0 Å². The van der Waals surface area contributed by atoms with E-state index in [4.69, 9.17) is 16.6 Å². The molecule has 0 N–H and O–H groups in total. The average Bonchev–Trinajstić information content (AvgIpc) is 3.53. The zero-order chi connectivity index (χ0) is 25.9. The first kappa shape index (κ1) is 22.4. The van der Waals surface area contributed by atoms with E-state index in [1.165, 1.54) is 25.6 Å². The lowest BCUT2D eigenvalue weighted by molar-refractivity contribution is 0.947. The third-order valence-corrected chi connectivity index (χ3v) is 8.58. The standard InChI is InChI=1S/C33H19ClN4S/c34-32-35-31(22-12-8-11-21(19-22)20-9-2-1-3-10-20)36-33(37-32)38-26-15-6-4-14-25(26)29-27(38)18-17-24-23-13-5-7-16-28(23)39-30(24)29/h1-19H. The Morgan fingerprint density at radius 1 is 0.564 bits per heavy atom. The summed E-state index contributed by atoms with van der Waals surface area (Å²) in [5.74, 6) is 1.04. The fraction of sp³-hybridized carbons (Fsp3) is 0. The van der Waals surface area contributed by atoms with Crippen molar-refractivity contribution in [3.05, 3.63) is 121 Å². The van der Waals surface area contributed by atoms with Crippen LogP contribution in [0.3, 0.4) is 0 Å². The van der Waals surface area contributed by atoms with Crippen LogP contribution in [0.2, 0.25) is 5.28 Å². The van der Waals surface area contributed by atoms with Gasteiger partial charge in [-0.1, -0.05) is 91.0 Å². The lowest BCUT2D eigenvalue weighted by Gasteiger charge is -2.09. The number of fused-ring (bicyclic) bond motifs is 7. The molecule has 8 aromatic rings. The minimum Gasteiger partial charge on any atom is -0.278 e. The summed E-state index contributed by atoms with van der Waals surface area (Å²) in [4.78, 5) is 14.1. The van der Waals surface area contributed by atoms with Crippen LogP contribution in [0, 0.1) is 0 Å². The lowest BCUT2D eigenvalue weighted by Crippen LogP contribution is -2.04. The second kappa shape index (κ2) is 8.73. The number of aromatic nitrogens is 4. The Morgan fingerprint density at radius 3 is 2.21 bits per heavy atom. The highest BCUT2D eigenvalue weighted by atomic mass is 35.5. The molecule has 0 atom stereocenters. The summed E-state index contributed by atoms with van der Waals surface area (Å²) < 4.78 is 4.65. The highest BCUT2D eigenvalue weighted by molar-refractivity contribution is 7.26. The van der Waals surface area contributed by atoms with Gasteiger partial charge in [0.15, 0.2) is 5.82 Å². The number of benzene rings is 5. The fourth-order valence-electron chi connectivity index (χ4n) is 5.49. The van der Waals surface area contributed by atoms with E-state index in [0.29, 0.717) is 11.8 Å². The molecule has 8 rings (SSSR count). The van der Waals surface area contributed by atoms with Gasteiger partial charge in [0.2, 0.25) is 11.2 Å². The van der Waals surface area contributed by atoms with Gasteiger partial charge in [-0.05, 0) is 47.0 Å². The average molecular weight is 539 g/mol. The van der Waals surface area contributed by atoms with Crippen molar-refractivity contribution in [3.8, 4) is 28.5 Å². The van der Waals surface area contributed by atoms with Gasteiger partial charge in [0, 0.05) is 36.5 Å². The highest BCUT2D eigenvalue weighted by Gasteiger charge is 2.19. The molecule has 0 aliphatic carbocycles. The molecule has 0 unspecified atom stereocenters. The van der Waals surface area contributed by atoms with Crippen molar-refractivity contribution >= 4 is 64.9 Å². The molecular formula is C33H19ClN4S. The van der Waals surface area contributed by atoms with E-state index >= 15 is 0 Å². The Hall–Kier alpha value is -4.58. The summed E-state index contributed by atoms with van der Waals surface area (Å²) in [5.41, 5.74) is 5.18. The second-order valence-electron chi connectivity index (χ2n) is 9.46. The summed E-state index contributed by atoms with van der Waals surface area (Å²) in [5, 5.41) is 5.06. The predicted molar refractivity (Wildman–Crippen MR) is 163 cm³/mol. The monoisotopic (exact) mass is 538 g/mol. The van der Waals surface area contributed by atoms with Gasteiger partial charge in [0.1, 0.15) is 0 Å².